The molecule has 0 bridgehead atoms. The van der Waals surface area contributed by atoms with Crippen LogP contribution in [0.5, 0.6) is 0 Å². The lowest BCUT2D eigenvalue weighted by atomic mass is 10.1. The minimum Gasteiger partial charge on any atom is -0.463 e. The fourth-order valence-corrected chi connectivity index (χ4v) is 2.62. The van der Waals surface area contributed by atoms with Crippen LogP contribution >= 0.6 is 0 Å². The van der Waals surface area contributed by atoms with Crippen LogP contribution in [0, 0.1) is 0 Å². The zero-order chi connectivity index (χ0) is 14.5. The highest BCUT2D eigenvalue weighted by Gasteiger charge is 2.61. The number of carbonyl (C=O) groups excluding carboxylic acids is 2. The van der Waals surface area contributed by atoms with Crippen LogP contribution in [0.3, 0.4) is 0 Å². The molecular weight excluding hydrogens is 268 g/mol. The van der Waals surface area contributed by atoms with Gasteiger partial charge in [-0.2, -0.15) is 0 Å². The predicted molar refractivity (Wildman–Crippen MR) is 63.3 cm³/mol. The monoisotopic (exact) mass is 284 g/mol. The third-order valence-corrected chi connectivity index (χ3v) is 3.34. The Kier molecular flexibility index (Phi) is 3.07. The van der Waals surface area contributed by atoms with Gasteiger partial charge in [0.2, 0.25) is 0 Å². The van der Waals surface area contributed by atoms with Crippen molar-refractivity contribution in [2.24, 2.45) is 0 Å². The van der Waals surface area contributed by atoms with Gasteiger partial charge in [0, 0.05) is 6.08 Å². The van der Waals surface area contributed by atoms with E-state index >= 15 is 0 Å². The summed E-state index contributed by atoms with van der Waals surface area (Å²) in [6.07, 6.45) is -1.21. The molecule has 3 fully saturated rings. The van der Waals surface area contributed by atoms with Crippen LogP contribution in [0.15, 0.2) is 11.6 Å². The molecule has 0 aliphatic carbocycles. The van der Waals surface area contributed by atoms with Crippen molar-refractivity contribution in [3.8, 4) is 0 Å². The van der Waals surface area contributed by atoms with E-state index in [2.05, 4.69) is 0 Å². The van der Waals surface area contributed by atoms with Crippen molar-refractivity contribution in [3.05, 3.63) is 11.6 Å². The topological polar surface area (TPSA) is 80.3 Å². The molecule has 20 heavy (non-hydrogen) atoms. The Morgan fingerprint density at radius 3 is 2.80 bits per heavy atom. The number of esters is 2. The second kappa shape index (κ2) is 4.54. The maximum absolute atomic E-state index is 11.8. The maximum atomic E-state index is 11.8. The molecule has 110 valence electrons. The van der Waals surface area contributed by atoms with E-state index in [1.807, 2.05) is 0 Å². The number of rotatable bonds is 2. The largest absolute Gasteiger partial charge is 0.463 e. The number of hydrogen-bond acceptors (Lipinski definition) is 7. The van der Waals surface area contributed by atoms with E-state index in [0.717, 1.165) is 6.08 Å². The Morgan fingerprint density at radius 1 is 1.35 bits per heavy atom. The van der Waals surface area contributed by atoms with Gasteiger partial charge in [0.1, 0.15) is 6.10 Å². The number of fused-ring (bicyclic) bond motifs is 3. The van der Waals surface area contributed by atoms with Gasteiger partial charge in [-0.05, 0) is 20.8 Å². The van der Waals surface area contributed by atoms with Crippen LogP contribution in [0.25, 0.3) is 0 Å². The molecule has 0 N–H and O–H groups in total. The van der Waals surface area contributed by atoms with Crippen molar-refractivity contribution in [3.63, 3.8) is 0 Å². The van der Waals surface area contributed by atoms with Gasteiger partial charge >= 0.3 is 11.9 Å². The average Bonchev–Trinajstić information content (AvgIpc) is 2.89. The SMILES string of the molecule is CCOC(=O)/C=C1/C(=O)O[C@@H]2[C@H]3OC(C)(C)O[C@@H]3O[C@H]12. The standard InChI is InChI=1S/C13H16O7/c1-4-16-7(14)5-6-8-9(17-11(6)15)10-12(18-8)20-13(2,3)19-10/h5,8-10,12H,4H2,1-3H3/b6-5+/t8-,9+,10-,12+/m1/s1. The van der Waals surface area contributed by atoms with Crippen LogP contribution in [0.1, 0.15) is 20.8 Å². The van der Waals surface area contributed by atoms with Crippen molar-refractivity contribution < 1.29 is 33.3 Å². The molecule has 3 rings (SSSR count). The summed E-state index contributed by atoms with van der Waals surface area (Å²) in [5.41, 5.74) is 0.146. The first-order valence-corrected chi connectivity index (χ1v) is 6.52. The van der Waals surface area contributed by atoms with E-state index < -0.39 is 42.3 Å². The average molecular weight is 284 g/mol. The second-order valence-corrected chi connectivity index (χ2v) is 5.25. The highest BCUT2D eigenvalue weighted by Crippen LogP contribution is 2.43. The fourth-order valence-electron chi connectivity index (χ4n) is 2.62. The molecule has 3 aliphatic rings. The normalized spacial score (nSPS) is 39.5. The Labute approximate surface area is 115 Å². The van der Waals surface area contributed by atoms with Crippen molar-refractivity contribution >= 4 is 11.9 Å². The van der Waals surface area contributed by atoms with Crippen molar-refractivity contribution in [1.29, 1.82) is 0 Å². The zero-order valence-corrected chi connectivity index (χ0v) is 11.5. The summed E-state index contributed by atoms with van der Waals surface area (Å²) in [6, 6.07) is 0. The summed E-state index contributed by atoms with van der Waals surface area (Å²) in [4.78, 5) is 23.3. The quantitative estimate of drug-likeness (QED) is 0.532. The van der Waals surface area contributed by atoms with E-state index in [1.54, 1.807) is 20.8 Å². The van der Waals surface area contributed by atoms with Gasteiger partial charge in [-0.25, -0.2) is 9.59 Å². The van der Waals surface area contributed by atoms with Gasteiger partial charge in [-0.3, -0.25) is 0 Å². The van der Waals surface area contributed by atoms with E-state index in [1.165, 1.54) is 0 Å². The molecule has 3 saturated heterocycles. The zero-order valence-electron chi connectivity index (χ0n) is 11.5. The smallest absolute Gasteiger partial charge is 0.337 e. The first-order valence-electron chi connectivity index (χ1n) is 6.52. The van der Waals surface area contributed by atoms with Crippen LogP contribution in [-0.4, -0.2) is 48.9 Å². The Hall–Kier alpha value is -1.44. The summed E-state index contributed by atoms with van der Waals surface area (Å²) in [5.74, 6) is -1.96. The van der Waals surface area contributed by atoms with Crippen LogP contribution in [0.4, 0.5) is 0 Å². The second-order valence-electron chi connectivity index (χ2n) is 5.25. The van der Waals surface area contributed by atoms with Gasteiger partial charge < -0.3 is 23.7 Å². The fraction of sp³-hybridized carbons (Fsp3) is 0.692. The lowest BCUT2D eigenvalue weighted by Crippen LogP contribution is -2.32. The molecular formula is C13H16O7. The first-order chi connectivity index (χ1) is 9.41. The van der Waals surface area contributed by atoms with Crippen molar-refractivity contribution in [2.75, 3.05) is 6.61 Å². The van der Waals surface area contributed by atoms with Crippen LogP contribution in [0.2, 0.25) is 0 Å². The first kappa shape index (κ1) is 13.5. The third kappa shape index (κ3) is 2.11. The molecule has 0 unspecified atom stereocenters. The maximum Gasteiger partial charge on any atom is 0.337 e. The van der Waals surface area contributed by atoms with Gasteiger partial charge in [0.05, 0.1) is 12.2 Å². The molecule has 7 heteroatoms. The van der Waals surface area contributed by atoms with Crippen LogP contribution in [-0.2, 0) is 33.3 Å². The molecule has 3 aliphatic heterocycles. The number of hydrogen-bond donors (Lipinski definition) is 0. The third-order valence-electron chi connectivity index (χ3n) is 3.34. The molecule has 4 atom stereocenters. The highest BCUT2D eigenvalue weighted by molar-refractivity contribution is 5.99. The minimum absolute atomic E-state index is 0.146. The lowest BCUT2D eigenvalue weighted by Gasteiger charge is -2.20. The summed E-state index contributed by atoms with van der Waals surface area (Å²) >= 11 is 0. The molecule has 3 heterocycles. The summed E-state index contributed by atoms with van der Waals surface area (Å²) in [7, 11) is 0. The lowest BCUT2D eigenvalue weighted by molar-refractivity contribution is -0.207. The van der Waals surface area contributed by atoms with Crippen molar-refractivity contribution in [2.45, 2.75) is 51.2 Å². The summed E-state index contributed by atoms with van der Waals surface area (Å²) < 4.78 is 26.9. The molecule has 7 nitrogen and oxygen atoms in total. The van der Waals surface area contributed by atoms with Gasteiger partial charge in [0.25, 0.3) is 0 Å². The molecule has 0 amide bonds. The number of ether oxygens (including phenoxy) is 5. The van der Waals surface area contributed by atoms with Crippen LogP contribution < -0.4 is 0 Å². The Bertz CT molecular complexity index is 481. The predicted octanol–water partition coefficient (Wildman–Crippen LogP) is 0.278. The van der Waals surface area contributed by atoms with E-state index in [9.17, 15) is 9.59 Å². The van der Waals surface area contributed by atoms with Gasteiger partial charge in [-0.1, -0.05) is 0 Å². The molecule has 0 spiro atoms. The highest BCUT2D eigenvalue weighted by atomic mass is 16.8. The molecule has 0 saturated carbocycles. The van der Waals surface area contributed by atoms with Gasteiger partial charge in [-0.15, -0.1) is 0 Å². The summed E-state index contributed by atoms with van der Waals surface area (Å²) in [6.45, 7) is 5.44. The van der Waals surface area contributed by atoms with E-state index in [0.29, 0.717) is 0 Å². The van der Waals surface area contributed by atoms with Crippen molar-refractivity contribution in [1.82, 2.24) is 0 Å². The Balaban J connectivity index is 1.79. The minimum atomic E-state index is -0.777. The molecule has 0 aromatic carbocycles. The molecule has 0 aromatic rings. The molecule has 0 aromatic heterocycles. The van der Waals surface area contributed by atoms with E-state index in [4.69, 9.17) is 23.7 Å². The summed E-state index contributed by atoms with van der Waals surface area (Å²) in [5, 5.41) is 0. The molecule has 0 radical (unpaired) electrons. The van der Waals surface area contributed by atoms with Gasteiger partial charge in [0.15, 0.2) is 24.3 Å². The number of carbonyl (C=O) groups is 2. The Morgan fingerprint density at radius 2 is 2.10 bits per heavy atom. The van der Waals surface area contributed by atoms with E-state index in [-0.39, 0.29) is 12.2 Å².